The van der Waals surface area contributed by atoms with E-state index in [2.05, 4.69) is 59.8 Å². The normalized spacial score (nSPS) is 20.8. The third-order valence-corrected chi connectivity index (χ3v) is 8.41. The number of anilines is 1. The maximum absolute atomic E-state index is 13.0. The zero-order chi connectivity index (χ0) is 23.1. The Hall–Kier alpha value is -1.68. The van der Waals surface area contributed by atoms with Crippen molar-refractivity contribution in [1.29, 1.82) is 0 Å². The summed E-state index contributed by atoms with van der Waals surface area (Å²) in [6.45, 7) is 7.44. The molecular weight excluding hydrogens is 492 g/mol. The molecule has 1 aliphatic carbocycles. The maximum atomic E-state index is 13.0. The number of fused-ring (bicyclic) bond motifs is 1. The lowest BCUT2D eigenvalue weighted by atomic mass is 9.73. The second-order valence-corrected chi connectivity index (χ2v) is 12.3. The van der Waals surface area contributed by atoms with Crippen LogP contribution in [0.1, 0.15) is 61.3 Å². The van der Waals surface area contributed by atoms with E-state index in [1.807, 2.05) is 20.8 Å². The van der Waals surface area contributed by atoms with E-state index < -0.39 is 17.3 Å². The number of carbonyl (C=O) groups is 1. The van der Waals surface area contributed by atoms with Gasteiger partial charge in [0.25, 0.3) is 0 Å². The van der Waals surface area contributed by atoms with E-state index in [9.17, 15) is 9.35 Å². The molecule has 2 atom stereocenters. The number of ether oxygens (including phenoxy) is 1. The minimum atomic E-state index is -1.17. The van der Waals surface area contributed by atoms with E-state index in [1.165, 1.54) is 18.2 Å². The van der Waals surface area contributed by atoms with Gasteiger partial charge in [0.05, 0.1) is 19.3 Å². The highest BCUT2D eigenvalue weighted by Gasteiger charge is 2.50. The van der Waals surface area contributed by atoms with Gasteiger partial charge in [-0.1, -0.05) is 24.3 Å². The number of hydrogen-bond donors (Lipinski definition) is 1. The van der Waals surface area contributed by atoms with Gasteiger partial charge in [-0.05, 0) is 67.1 Å². The van der Waals surface area contributed by atoms with Gasteiger partial charge in [0.15, 0.2) is 11.5 Å². The van der Waals surface area contributed by atoms with Gasteiger partial charge in [-0.25, -0.2) is 14.8 Å². The molecule has 2 aromatic rings. The molecule has 32 heavy (non-hydrogen) atoms. The first kappa shape index (κ1) is 23.5. The second-order valence-electron chi connectivity index (χ2n) is 9.51. The Morgan fingerprint density at radius 3 is 2.66 bits per heavy atom. The fourth-order valence-corrected chi connectivity index (χ4v) is 5.94. The van der Waals surface area contributed by atoms with Crippen LogP contribution in [0.4, 0.5) is 5.82 Å². The standard InChI is InChI=1S/C23H29BrN4O3S/c1-22(2,3)32(30)27-19-16-8-6-5-7-15(16)13-23(19)9-11-28(12-10-23)20-18(21(29)31-4)26-17(24)14-25-20/h5-8,14,19,27H,9-13H2,1-4H3/t19-,32?/m1/s1. The highest BCUT2D eigenvalue weighted by atomic mass is 79.9. The van der Waals surface area contributed by atoms with Crippen molar-refractivity contribution in [1.82, 2.24) is 14.7 Å². The minimum Gasteiger partial charge on any atom is -0.598 e. The predicted molar refractivity (Wildman–Crippen MR) is 129 cm³/mol. The van der Waals surface area contributed by atoms with Crippen molar-refractivity contribution in [2.45, 2.75) is 50.8 Å². The summed E-state index contributed by atoms with van der Waals surface area (Å²) in [6, 6.07) is 8.49. The van der Waals surface area contributed by atoms with Crippen LogP contribution in [0, 0.1) is 5.41 Å². The number of benzene rings is 1. The number of rotatable bonds is 4. The molecule has 0 bridgehead atoms. The van der Waals surface area contributed by atoms with Crippen molar-refractivity contribution >= 4 is 39.1 Å². The van der Waals surface area contributed by atoms with E-state index >= 15 is 0 Å². The van der Waals surface area contributed by atoms with Crippen molar-refractivity contribution in [3.63, 3.8) is 0 Å². The molecule has 7 nitrogen and oxygen atoms in total. The number of carbonyl (C=O) groups excluding carboxylic acids is 1. The fourth-order valence-electron chi connectivity index (χ4n) is 4.72. The molecule has 0 saturated carbocycles. The number of methoxy groups -OCH3 is 1. The SMILES string of the molecule is COC(=O)c1nc(Br)cnc1N1CCC2(CC1)Cc1ccccc1[C@H]2N[S+]([O-])C(C)(C)C. The molecule has 9 heteroatoms. The number of nitrogens with one attached hydrogen (secondary N) is 1. The maximum Gasteiger partial charge on any atom is 0.360 e. The van der Waals surface area contributed by atoms with Crippen LogP contribution in [-0.2, 0) is 22.5 Å². The van der Waals surface area contributed by atoms with Crippen LogP contribution in [0.25, 0.3) is 0 Å². The van der Waals surface area contributed by atoms with Crippen molar-refractivity contribution in [3.8, 4) is 0 Å². The van der Waals surface area contributed by atoms with Crippen molar-refractivity contribution in [2.24, 2.45) is 5.41 Å². The summed E-state index contributed by atoms with van der Waals surface area (Å²) >= 11 is 2.12. The van der Waals surface area contributed by atoms with Crippen molar-refractivity contribution in [3.05, 3.63) is 51.9 Å². The first-order valence-electron chi connectivity index (χ1n) is 10.8. The van der Waals surface area contributed by atoms with Gasteiger partial charge in [-0.15, -0.1) is 4.72 Å². The van der Waals surface area contributed by atoms with Crippen LogP contribution >= 0.6 is 15.9 Å². The smallest absolute Gasteiger partial charge is 0.360 e. The number of halogens is 1. The molecule has 1 aromatic carbocycles. The average Bonchev–Trinajstić information content (AvgIpc) is 3.06. The quantitative estimate of drug-likeness (QED) is 0.481. The predicted octanol–water partition coefficient (Wildman–Crippen LogP) is 3.96. The Morgan fingerprint density at radius 2 is 2.00 bits per heavy atom. The Balaban J connectivity index is 1.60. The number of nitrogens with zero attached hydrogens (tertiary/aromatic N) is 3. The largest absolute Gasteiger partial charge is 0.598 e. The summed E-state index contributed by atoms with van der Waals surface area (Å²) < 4.78 is 21.6. The van der Waals surface area contributed by atoms with Crippen LogP contribution in [0.2, 0.25) is 0 Å². The summed E-state index contributed by atoms with van der Waals surface area (Å²) in [5.74, 6) is 0.0515. The average molecular weight is 521 g/mol. The molecule has 2 aliphatic rings. The summed E-state index contributed by atoms with van der Waals surface area (Å²) in [5.41, 5.74) is 2.76. The van der Waals surface area contributed by atoms with E-state index in [0.717, 1.165) is 32.4 Å². The topological polar surface area (TPSA) is 90.4 Å². The summed E-state index contributed by atoms with van der Waals surface area (Å²) in [5, 5.41) is 0. The van der Waals surface area contributed by atoms with Crippen LogP contribution in [0.5, 0.6) is 0 Å². The molecule has 1 N–H and O–H groups in total. The van der Waals surface area contributed by atoms with Gasteiger partial charge in [-0.3, -0.25) is 0 Å². The number of esters is 1. The zero-order valence-electron chi connectivity index (χ0n) is 18.9. The van der Waals surface area contributed by atoms with Crippen molar-refractivity contribution < 1.29 is 14.1 Å². The van der Waals surface area contributed by atoms with Gasteiger partial charge < -0.3 is 14.2 Å². The Morgan fingerprint density at radius 1 is 1.31 bits per heavy atom. The molecule has 1 unspecified atom stereocenters. The van der Waals surface area contributed by atoms with Crippen molar-refractivity contribution in [2.75, 3.05) is 25.1 Å². The zero-order valence-corrected chi connectivity index (χ0v) is 21.3. The minimum absolute atomic E-state index is 0.0250. The van der Waals surface area contributed by atoms with Crippen LogP contribution < -0.4 is 9.62 Å². The Labute approximate surface area is 200 Å². The highest BCUT2D eigenvalue weighted by molar-refractivity contribution is 9.10. The lowest BCUT2D eigenvalue weighted by Crippen LogP contribution is -2.50. The number of aromatic nitrogens is 2. The van der Waals surface area contributed by atoms with E-state index in [-0.39, 0.29) is 21.9 Å². The third-order valence-electron chi connectivity index (χ3n) is 6.46. The van der Waals surface area contributed by atoms with E-state index in [4.69, 9.17) is 4.74 Å². The fraction of sp³-hybridized carbons (Fsp3) is 0.522. The number of hydrogen-bond acceptors (Lipinski definition) is 7. The number of piperidine rings is 1. The molecule has 2 heterocycles. The summed E-state index contributed by atoms with van der Waals surface area (Å²) in [7, 11) is 1.35. The Kier molecular flexibility index (Phi) is 6.55. The van der Waals surface area contributed by atoms with E-state index in [0.29, 0.717) is 10.4 Å². The first-order valence-corrected chi connectivity index (χ1v) is 12.7. The molecule has 4 rings (SSSR count). The van der Waals surface area contributed by atoms with E-state index in [1.54, 1.807) is 6.20 Å². The molecule has 1 fully saturated rings. The summed E-state index contributed by atoms with van der Waals surface area (Å²) in [6.07, 6.45) is 4.33. The molecule has 1 aliphatic heterocycles. The van der Waals surface area contributed by atoms with Crippen LogP contribution in [0.3, 0.4) is 0 Å². The lowest BCUT2D eigenvalue weighted by Gasteiger charge is -2.44. The molecular formula is C23H29BrN4O3S. The molecule has 0 amide bonds. The Bertz CT molecular complexity index is 1000. The lowest BCUT2D eigenvalue weighted by molar-refractivity contribution is 0.0593. The molecule has 1 saturated heterocycles. The van der Waals surface area contributed by atoms with Gasteiger partial charge in [-0.2, -0.15) is 0 Å². The van der Waals surface area contributed by atoms with Gasteiger partial charge in [0.1, 0.15) is 9.35 Å². The third kappa shape index (κ3) is 4.40. The molecule has 172 valence electrons. The van der Waals surface area contributed by atoms with Gasteiger partial charge in [0.2, 0.25) is 0 Å². The molecule has 0 radical (unpaired) electrons. The molecule has 1 spiro atoms. The van der Waals surface area contributed by atoms with Gasteiger partial charge >= 0.3 is 5.97 Å². The van der Waals surface area contributed by atoms with Crippen LogP contribution in [0.15, 0.2) is 35.1 Å². The monoisotopic (exact) mass is 520 g/mol. The van der Waals surface area contributed by atoms with Crippen LogP contribution in [-0.4, -0.2) is 45.4 Å². The first-order chi connectivity index (χ1) is 15.1. The highest BCUT2D eigenvalue weighted by Crippen LogP contribution is 2.52. The molecule has 1 aromatic heterocycles. The summed E-state index contributed by atoms with van der Waals surface area (Å²) in [4.78, 5) is 23.2. The second kappa shape index (κ2) is 8.93. The van der Waals surface area contributed by atoms with Gasteiger partial charge in [0, 0.05) is 29.9 Å².